The van der Waals surface area contributed by atoms with Gasteiger partial charge < -0.3 is 14.1 Å². The third-order valence-corrected chi connectivity index (χ3v) is 6.00. The molecule has 0 spiro atoms. The number of pyridine rings is 1. The minimum absolute atomic E-state index is 0.0773. The number of halogens is 1. The van der Waals surface area contributed by atoms with E-state index >= 15 is 0 Å². The van der Waals surface area contributed by atoms with Crippen LogP contribution in [0.2, 0.25) is 5.15 Å². The van der Waals surface area contributed by atoms with Gasteiger partial charge in [0.2, 0.25) is 0 Å². The Morgan fingerprint density at radius 3 is 2.89 bits per heavy atom. The van der Waals surface area contributed by atoms with E-state index in [1.165, 1.54) is 11.3 Å². The Labute approximate surface area is 171 Å². The van der Waals surface area contributed by atoms with Gasteiger partial charge >= 0.3 is 0 Å². The van der Waals surface area contributed by atoms with E-state index in [0.29, 0.717) is 29.7 Å². The van der Waals surface area contributed by atoms with Crippen LogP contribution < -0.4 is 0 Å². The van der Waals surface area contributed by atoms with Crippen LogP contribution in [0.25, 0.3) is 21.0 Å². The van der Waals surface area contributed by atoms with Crippen molar-refractivity contribution in [2.75, 3.05) is 20.3 Å². The Morgan fingerprint density at radius 1 is 1.29 bits per heavy atom. The van der Waals surface area contributed by atoms with Crippen LogP contribution in [0.3, 0.4) is 0 Å². The van der Waals surface area contributed by atoms with Crippen LogP contribution in [0.1, 0.15) is 21.0 Å². The van der Waals surface area contributed by atoms with E-state index in [2.05, 4.69) is 11.1 Å². The zero-order chi connectivity index (χ0) is 19.7. The molecule has 3 aromatic heterocycles. The van der Waals surface area contributed by atoms with Gasteiger partial charge in [-0.1, -0.05) is 23.2 Å². The van der Waals surface area contributed by atoms with Crippen LogP contribution >= 0.6 is 22.9 Å². The van der Waals surface area contributed by atoms with E-state index in [9.17, 15) is 4.79 Å². The lowest BCUT2D eigenvalue weighted by atomic mass is 10.1. The highest BCUT2D eigenvalue weighted by Crippen LogP contribution is 2.36. The van der Waals surface area contributed by atoms with Crippen LogP contribution in [0.15, 0.2) is 47.1 Å². The molecule has 3 heterocycles. The molecule has 28 heavy (non-hydrogen) atoms. The summed E-state index contributed by atoms with van der Waals surface area (Å²) in [4.78, 5) is 20.1. The Morgan fingerprint density at radius 2 is 2.14 bits per heavy atom. The third kappa shape index (κ3) is 3.63. The monoisotopic (exact) mass is 414 g/mol. The number of nitrogens with zero attached hydrogens (tertiary/aromatic N) is 2. The van der Waals surface area contributed by atoms with Gasteiger partial charge in [0.15, 0.2) is 0 Å². The number of carbonyl (C=O) groups excluding carboxylic acids is 1. The SMILES string of the molecule is COCCN(Cc1ccco1)C(=O)c1cc2c(Cl)nc3ccc(C)cc3c2s1. The van der Waals surface area contributed by atoms with Gasteiger partial charge in [0.05, 0.1) is 29.8 Å². The van der Waals surface area contributed by atoms with Crippen molar-refractivity contribution in [1.29, 1.82) is 0 Å². The van der Waals surface area contributed by atoms with E-state index in [-0.39, 0.29) is 5.91 Å². The van der Waals surface area contributed by atoms with Gasteiger partial charge in [-0.15, -0.1) is 11.3 Å². The number of methoxy groups -OCH3 is 1. The largest absolute Gasteiger partial charge is 0.467 e. The predicted molar refractivity (Wildman–Crippen MR) is 112 cm³/mol. The Hall–Kier alpha value is -2.41. The molecule has 4 aromatic rings. The molecule has 0 bridgehead atoms. The highest BCUT2D eigenvalue weighted by molar-refractivity contribution is 7.21. The minimum atomic E-state index is -0.0773. The summed E-state index contributed by atoms with van der Waals surface area (Å²) in [6.07, 6.45) is 1.60. The van der Waals surface area contributed by atoms with Crippen molar-refractivity contribution in [3.63, 3.8) is 0 Å². The van der Waals surface area contributed by atoms with Crippen LogP contribution in [-0.2, 0) is 11.3 Å². The first kappa shape index (κ1) is 18.9. The molecule has 0 unspecified atom stereocenters. The molecule has 0 N–H and O–H groups in total. The molecule has 0 saturated carbocycles. The molecule has 0 aliphatic heterocycles. The molecule has 0 aliphatic carbocycles. The number of thiophene rings is 1. The van der Waals surface area contributed by atoms with Gasteiger partial charge in [0, 0.05) is 29.1 Å². The molecule has 1 aromatic carbocycles. The molecule has 0 atom stereocenters. The van der Waals surface area contributed by atoms with Crippen molar-refractivity contribution in [2.45, 2.75) is 13.5 Å². The van der Waals surface area contributed by atoms with Gasteiger partial charge in [-0.05, 0) is 37.3 Å². The molecule has 0 saturated heterocycles. The number of amides is 1. The fourth-order valence-electron chi connectivity index (χ4n) is 3.15. The maximum Gasteiger partial charge on any atom is 0.264 e. The predicted octanol–water partition coefficient (Wildman–Crippen LogP) is 5.29. The zero-order valence-electron chi connectivity index (χ0n) is 15.6. The van der Waals surface area contributed by atoms with Gasteiger partial charge in [0.25, 0.3) is 5.91 Å². The van der Waals surface area contributed by atoms with Crippen molar-refractivity contribution >= 4 is 49.8 Å². The van der Waals surface area contributed by atoms with E-state index < -0.39 is 0 Å². The number of hydrogen-bond donors (Lipinski definition) is 0. The Bertz CT molecular complexity index is 1140. The van der Waals surface area contributed by atoms with E-state index in [1.54, 1.807) is 18.3 Å². The second-order valence-corrected chi connectivity index (χ2v) is 7.99. The quantitative estimate of drug-likeness (QED) is 0.402. The van der Waals surface area contributed by atoms with Crippen molar-refractivity contribution in [3.8, 4) is 0 Å². The molecular weight excluding hydrogens is 396 g/mol. The van der Waals surface area contributed by atoms with Crippen LogP contribution in [-0.4, -0.2) is 36.1 Å². The Balaban J connectivity index is 1.75. The summed E-state index contributed by atoms with van der Waals surface area (Å²) in [7, 11) is 1.62. The molecule has 144 valence electrons. The molecule has 7 heteroatoms. The first-order chi connectivity index (χ1) is 13.6. The smallest absolute Gasteiger partial charge is 0.264 e. The number of aryl methyl sites for hydroxylation is 1. The van der Waals surface area contributed by atoms with Crippen LogP contribution in [0.4, 0.5) is 0 Å². The molecule has 0 aliphatic rings. The van der Waals surface area contributed by atoms with Gasteiger partial charge in [0.1, 0.15) is 10.9 Å². The number of aromatic nitrogens is 1. The highest BCUT2D eigenvalue weighted by Gasteiger charge is 2.21. The molecule has 0 radical (unpaired) electrons. The summed E-state index contributed by atoms with van der Waals surface area (Å²) < 4.78 is 11.6. The lowest BCUT2D eigenvalue weighted by molar-refractivity contribution is 0.0671. The lowest BCUT2D eigenvalue weighted by Crippen LogP contribution is -2.32. The number of fused-ring (bicyclic) bond motifs is 3. The van der Waals surface area contributed by atoms with Crippen molar-refractivity contribution in [2.24, 2.45) is 0 Å². The fraction of sp³-hybridized carbons (Fsp3) is 0.238. The molecule has 0 fully saturated rings. The second-order valence-electron chi connectivity index (χ2n) is 6.58. The van der Waals surface area contributed by atoms with E-state index in [1.807, 2.05) is 37.3 Å². The number of carbonyl (C=O) groups is 1. The zero-order valence-corrected chi connectivity index (χ0v) is 17.1. The Kier molecular flexibility index (Phi) is 5.35. The van der Waals surface area contributed by atoms with E-state index in [4.69, 9.17) is 20.8 Å². The average molecular weight is 415 g/mol. The molecule has 1 amide bonds. The van der Waals surface area contributed by atoms with Crippen molar-refractivity contribution in [3.05, 3.63) is 64.0 Å². The normalized spacial score (nSPS) is 11.4. The second kappa shape index (κ2) is 7.91. The topological polar surface area (TPSA) is 55.6 Å². The van der Waals surface area contributed by atoms with Gasteiger partial charge in [-0.25, -0.2) is 4.98 Å². The van der Waals surface area contributed by atoms with Crippen molar-refractivity contribution in [1.82, 2.24) is 9.88 Å². The standard InChI is InChI=1S/C21H19ClN2O3S/c1-13-5-6-17-15(10-13)19-16(20(22)23-17)11-18(28-19)21(25)24(7-9-26-2)12-14-4-3-8-27-14/h3-6,8,10-11H,7,9,12H2,1-2H3. The summed E-state index contributed by atoms with van der Waals surface area (Å²) in [5.74, 6) is 0.651. The van der Waals surface area contributed by atoms with E-state index in [0.717, 1.165) is 32.3 Å². The van der Waals surface area contributed by atoms with Gasteiger partial charge in [-0.2, -0.15) is 0 Å². The summed E-state index contributed by atoms with van der Waals surface area (Å²) in [6, 6.07) is 11.5. The number of rotatable bonds is 6. The maximum absolute atomic E-state index is 13.2. The number of benzene rings is 1. The number of ether oxygens (including phenoxy) is 1. The average Bonchev–Trinajstić information content (AvgIpc) is 3.35. The first-order valence-electron chi connectivity index (χ1n) is 8.87. The van der Waals surface area contributed by atoms with Crippen LogP contribution in [0, 0.1) is 6.92 Å². The van der Waals surface area contributed by atoms with Crippen molar-refractivity contribution < 1.29 is 13.9 Å². The summed E-state index contributed by atoms with van der Waals surface area (Å²) in [6.45, 7) is 3.34. The highest BCUT2D eigenvalue weighted by atomic mass is 35.5. The number of hydrogen-bond acceptors (Lipinski definition) is 5. The number of furan rings is 1. The van der Waals surface area contributed by atoms with Crippen LogP contribution in [0.5, 0.6) is 0 Å². The maximum atomic E-state index is 13.2. The molecule has 4 rings (SSSR count). The minimum Gasteiger partial charge on any atom is -0.467 e. The molecule has 5 nitrogen and oxygen atoms in total. The van der Waals surface area contributed by atoms with Gasteiger partial charge in [-0.3, -0.25) is 4.79 Å². The lowest BCUT2D eigenvalue weighted by Gasteiger charge is -2.20. The first-order valence-corrected chi connectivity index (χ1v) is 10.1. The summed E-state index contributed by atoms with van der Waals surface area (Å²) >= 11 is 7.85. The summed E-state index contributed by atoms with van der Waals surface area (Å²) in [5, 5.41) is 2.23. The fourth-order valence-corrected chi connectivity index (χ4v) is 4.59. The molecular formula is C21H19ClN2O3S. The summed E-state index contributed by atoms with van der Waals surface area (Å²) in [5.41, 5.74) is 1.97. The third-order valence-electron chi connectivity index (χ3n) is 4.56.